The second kappa shape index (κ2) is 7.67. The summed E-state index contributed by atoms with van der Waals surface area (Å²) in [4.78, 5) is 0. The molecule has 0 aromatic carbocycles. The fraction of sp³-hybridized carbons (Fsp3) is 1.00. The van der Waals surface area contributed by atoms with Crippen LogP contribution >= 0.6 is 0 Å². The summed E-state index contributed by atoms with van der Waals surface area (Å²) in [5, 5.41) is 0. The van der Waals surface area contributed by atoms with Crippen molar-refractivity contribution in [3.63, 3.8) is 0 Å². The molecule has 6 heterocycles. The lowest BCUT2D eigenvalue weighted by molar-refractivity contribution is -0.335. The van der Waals surface area contributed by atoms with E-state index in [1.54, 1.807) is 0 Å². The molecule has 30 heavy (non-hydrogen) atoms. The summed E-state index contributed by atoms with van der Waals surface area (Å²) in [5.41, 5.74) is -1.94. The van der Waals surface area contributed by atoms with Gasteiger partial charge in [0.05, 0.1) is 12.2 Å². The summed E-state index contributed by atoms with van der Waals surface area (Å²) in [5.74, 6) is 0. The van der Waals surface area contributed by atoms with E-state index < -0.39 is 22.4 Å². The van der Waals surface area contributed by atoms with Gasteiger partial charge in [-0.2, -0.15) is 0 Å². The van der Waals surface area contributed by atoms with E-state index in [0.717, 1.165) is 117 Å². The third kappa shape index (κ3) is 2.52. The van der Waals surface area contributed by atoms with Crippen LogP contribution in [0.4, 0.5) is 0 Å². The molecule has 6 saturated heterocycles. The van der Waals surface area contributed by atoms with Crippen LogP contribution in [0, 0.1) is 0 Å². The van der Waals surface area contributed by atoms with E-state index in [-0.39, 0.29) is 12.2 Å². The van der Waals surface area contributed by atoms with Crippen molar-refractivity contribution in [1.29, 1.82) is 0 Å². The van der Waals surface area contributed by atoms with Crippen LogP contribution in [0.2, 0.25) is 0 Å². The Balaban J connectivity index is 1.52. The zero-order valence-corrected chi connectivity index (χ0v) is 18.3. The van der Waals surface area contributed by atoms with Crippen LogP contribution in [-0.2, 0) is 28.4 Å². The Hall–Kier alpha value is -0.240. The average Bonchev–Trinajstić information content (AvgIpc) is 3.64. The van der Waals surface area contributed by atoms with Gasteiger partial charge in [-0.15, -0.1) is 0 Å². The molecule has 0 amide bonds. The maximum Gasteiger partial charge on any atom is 0.131 e. The van der Waals surface area contributed by atoms with Gasteiger partial charge in [0.2, 0.25) is 0 Å². The summed E-state index contributed by atoms with van der Waals surface area (Å²) >= 11 is 0. The highest BCUT2D eigenvalue weighted by molar-refractivity contribution is 5.28. The van der Waals surface area contributed by atoms with Gasteiger partial charge in [0.1, 0.15) is 22.4 Å². The summed E-state index contributed by atoms with van der Waals surface area (Å²) < 4.78 is 40.2. The highest BCUT2D eigenvalue weighted by Gasteiger charge is 2.78. The molecule has 0 bridgehead atoms. The van der Waals surface area contributed by atoms with Crippen molar-refractivity contribution in [2.75, 3.05) is 39.6 Å². The fourth-order valence-corrected chi connectivity index (χ4v) is 8.15. The van der Waals surface area contributed by atoms with E-state index in [2.05, 4.69) is 0 Å². The van der Waals surface area contributed by atoms with E-state index >= 15 is 0 Å². The minimum atomic E-state index is -0.529. The SMILES string of the molecule is C1CO[C@H]([C@]2([C@]3([C@]4([C@]5([C@@H]6CCCO6)CCCO5)CCCO4)CCCO3)CCCO2)C1. The maximum absolute atomic E-state index is 6.96. The standard InChI is InChI=1S/C24H38O6/c1-7-19(25-13-1)21(9-3-15-27-21)23(11-5-17-29-23)24(12-6-18-30-24)22(10-4-16-28-22)20-8-2-14-26-20/h19-20H,1-18H2/t19-,20-,21-,22+,23-,24+/m0/s1. The van der Waals surface area contributed by atoms with Crippen LogP contribution in [0.5, 0.6) is 0 Å². The Labute approximate surface area is 180 Å². The van der Waals surface area contributed by atoms with Crippen molar-refractivity contribution < 1.29 is 28.4 Å². The smallest absolute Gasteiger partial charge is 0.131 e. The third-order valence-corrected chi connectivity index (χ3v) is 9.07. The first-order valence-electron chi connectivity index (χ1n) is 12.6. The van der Waals surface area contributed by atoms with Gasteiger partial charge in [-0.1, -0.05) is 0 Å². The topological polar surface area (TPSA) is 55.4 Å². The monoisotopic (exact) mass is 422 g/mol. The minimum Gasteiger partial charge on any atom is -0.375 e. The van der Waals surface area contributed by atoms with Crippen molar-refractivity contribution in [2.45, 2.75) is 112 Å². The Bertz CT molecular complexity index is 545. The average molecular weight is 423 g/mol. The molecule has 0 saturated carbocycles. The zero-order chi connectivity index (χ0) is 20.1. The largest absolute Gasteiger partial charge is 0.375 e. The summed E-state index contributed by atoms with van der Waals surface area (Å²) in [6.45, 7) is 4.76. The molecule has 0 aromatic heterocycles. The van der Waals surface area contributed by atoms with E-state index in [1.165, 1.54) is 0 Å². The molecule has 0 aromatic rings. The molecule has 6 atom stereocenters. The second-order valence-electron chi connectivity index (χ2n) is 10.2. The molecular weight excluding hydrogens is 384 g/mol. The van der Waals surface area contributed by atoms with Crippen LogP contribution in [-0.4, -0.2) is 74.3 Å². The maximum atomic E-state index is 6.96. The molecule has 170 valence electrons. The Kier molecular flexibility index (Phi) is 5.21. The molecule has 6 nitrogen and oxygen atoms in total. The fourth-order valence-electron chi connectivity index (χ4n) is 8.15. The van der Waals surface area contributed by atoms with E-state index in [9.17, 15) is 0 Å². The van der Waals surface area contributed by atoms with Gasteiger partial charge in [-0.25, -0.2) is 0 Å². The molecule has 6 aliphatic rings. The second-order valence-corrected chi connectivity index (χ2v) is 10.2. The van der Waals surface area contributed by atoms with Crippen LogP contribution in [0.15, 0.2) is 0 Å². The lowest BCUT2D eigenvalue weighted by Gasteiger charge is -2.61. The molecule has 0 radical (unpaired) electrons. The van der Waals surface area contributed by atoms with Crippen LogP contribution < -0.4 is 0 Å². The van der Waals surface area contributed by atoms with Crippen molar-refractivity contribution >= 4 is 0 Å². The highest BCUT2D eigenvalue weighted by Crippen LogP contribution is 2.64. The van der Waals surface area contributed by atoms with Gasteiger partial charge in [0.25, 0.3) is 0 Å². The molecule has 6 aliphatic heterocycles. The molecular formula is C24H38O6. The zero-order valence-electron chi connectivity index (χ0n) is 18.3. The minimum absolute atomic E-state index is 0.0853. The molecule has 0 N–H and O–H groups in total. The molecule has 0 unspecified atom stereocenters. The Morgan fingerprint density at radius 2 is 0.867 bits per heavy atom. The normalized spacial score (nSPS) is 52.0. The molecule has 6 heteroatoms. The number of ether oxygens (including phenoxy) is 6. The highest BCUT2D eigenvalue weighted by atomic mass is 16.6. The summed E-state index contributed by atoms with van der Waals surface area (Å²) in [7, 11) is 0. The quantitative estimate of drug-likeness (QED) is 0.676. The first kappa shape index (κ1) is 20.4. The molecule has 6 fully saturated rings. The third-order valence-electron chi connectivity index (χ3n) is 9.07. The van der Waals surface area contributed by atoms with Crippen molar-refractivity contribution in [1.82, 2.24) is 0 Å². The van der Waals surface area contributed by atoms with E-state index in [4.69, 9.17) is 28.4 Å². The lowest BCUT2D eigenvalue weighted by atomic mass is 9.56. The van der Waals surface area contributed by atoms with Crippen LogP contribution in [0.3, 0.4) is 0 Å². The number of hydrogen-bond donors (Lipinski definition) is 0. The summed E-state index contributed by atoms with van der Waals surface area (Å²) in [6.07, 6.45) is 12.6. The van der Waals surface area contributed by atoms with Gasteiger partial charge in [0.15, 0.2) is 0 Å². The lowest BCUT2D eigenvalue weighted by Crippen LogP contribution is -2.79. The molecule has 0 spiro atoms. The predicted molar refractivity (Wildman–Crippen MR) is 110 cm³/mol. The van der Waals surface area contributed by atoms with Crippen LogP contribution in [0.25, 0.3) is 0 Å². The Morgan fingerprint density at radius 3 is 1.17 bits per heavy atom. The van der Waals surface area contributed by atoms with E-state index in [1.807, 2.05) is 0 Å². The van der Waals surface area contributed by atoms with Gasteiger partial charge in [-0.3, -0.25) is 0 Å². The van der Waals surface area contributed by atoms with E-state index in [0.29, 0.717) is 0 Å². The summed E-state index contributed by atoms with van der Waals surface area (Å²) in [6, 6.07) is 0. The number of hydrogen-bond acceptors (Lipinski definition) is 6. The van der Waals surface area contributed by atoms with Crippen LogP contribution in [0.1, 0.15) is 77.0 Å². The Morgan fingerprint density at radius 1 is 0.433 bits per heavy atom. The number of rotatable bonds is 5. The molecule has 6 rings (SSSR count). The first-order chi connectivity index (χ1) is 14.8. The van der Waals surface area contributed by atoms with Crippen molar-refractivity contribution in [3.05, 3.63) is 0 Å². The van der Waals surface area contributed by atoms with Crippen molar-refractivity contribution in [2.24, 2.45) is 0 Å². The molecule has 0 aliphatic carbocycles. The predicted octanol–water partition coefficient (Wildman–Crippen LogP) is 3.54. The van der Waals surface area contributed by atoms with Gasteiger partial charge < -0.3 is 28.4 Å². The van der Waals surface area contributed by atoms with Crippen molar-refractivity contribution in [3.8, 4) is 0 Å². The van der Waals surface area contributed by atoms with Gasteiger partial charge >= 0.3 is 0 Å². The van der Waals surface area contributed by atoms with Gasteiger partial charge in [-0.05, 0) is 77.0 Å². The first-order valence-corrected chi connectivity index (χ1v) is 12.6. The van der Waals surface area contributed by atoms with Gasteiger partial charge in [0, 0.05) is 39.6 Å².